The van der Waals surface area contributed by atoms with Gasteiger partial charge in [0.1, 0.15) is 11.4 Å². The maximum Gasteiger partial charge on any atom is 0.152 e. The zero-order valence-electron chi connectivity index (χ0n) is 15.7. The summed E-state index contributed by atoms with van der Waals surface area (Å²) < 4.78 is 0. The number of hydrogen-bond acceptors (Lipinski definition) is 6. The van der Waals surface area contributed by atoms with E-state index < -0.39 is 0 Å². The molecule has 1 atom stereocenters. The summed E-state index contributed by atoms with van der Waals surface area (Å²) in [5.41, 5.74) is 4.27. The molecule has 0 amide bonds. The largest absolute Gasteiger partial charge is 0.507 e. The Kier molecular flexibility index (Phi) is 4.95. The highest BCUT2D eigenvalue weighted by Crippen LogP contribution is 2.37. The highest BCUT2D eigenvalue weighted by atomic mass is 16.3. The van der Waals surface area contributed by atoms with Crippen molar-refractivity contribution in [1.29, 1.82) is 5.26 Å². The van der Waals surface area contributed by atoms with Crippen LogP contribution in [-0.2, 0) is 12.8 Å². The second-order valence-corrected chi connectivity index (χ2v) is 7.65. The van der Waals surface area contributed by atoms with Crippen molar-refractivity contribution in [3.05, 3.63) is 34.9 Å². The second kappa shape index (κ2) is 7.53. The predicted molar refractivity (Wildman–Crippen MR) is 105 cm³/mol. The standard InChI is InChI=1S/C21H25N5O/c1-26-10-4-5-15(13-26)23-21-17-7-3-2-6-16(17)20(24-25-21)18-9-8-14(12-22)11-19(18)27/h8-9,11,15,27H,2-7,10,13H2,1H3,(H,23,25). The Balaban J connectivity index is 1.70. The minimum Gasteiger partial charge on any atom is -0.507 e. The molecule has 1 fully saturated rings. The van der Waals surface area contributed by atoms with Gasteiger partial charge in [0, 0.05) is 23.7 Å². The lowest BCUT2D eigenvalue weighted by Gasteiger charge is -2.31. The number of hydrogen-bond donors (Lipinski definition) is 2. The smallest absolute Gasteiger partial charge is 0.152 e. The van der Waals surface area contributed by atoms with Crippen LogP contribution >= 0.6 is 0 Å². The molecule has 6 nitrogen and oxygen atoms in total. The molecule has 1 aliphatic carbocycles. The molecule has 0 radical (unpaired) electrons. The minimum absolute atomic E-state index is 0.0886. The van der Waals surface area contributed by atoms with Gasteiger partial charge in [-0.3, -0.25) is 0 Å². The van der Waals surface area contributed by atoms with Gasteiger partial charge in [-0.1, -0.05) is 0 Å². The molecule has 2 aliphatic rings. The normalized spacial score (nSPS) is 19.9. The molecule has 0 saturated carbocycles. The Morgan fingerprint density at radius 3 is 2.74 bits per heavy atom. The first kappa shape index (κ1) is 17.7. The van der Waals surface area contributed by atoms with Gasteiger partial charge in [0.15, 0.2) is 5.82 Å². The number of phenols is 1. The predicted octanol–water partition coefficient (Wildman–Crippen LogP) is 3.11. The van der Waals surface area contributed by atoms with E-state index >= 15 is 0 Å². The average Bonchev–Trinajstić information content (AvgIpc) is 2.68. The first-order chi connectivity index (χ1) is 13.2. The molecule has 6 heteroatoms. The fourth-order valence-corrected chi connectivity index (χ4v) is 4.26. The van der Waals surface area contributed by atoms with Crippen LogP contribution in [0, 0.1) is 11.3 Å². The van der Waals surface area contributed by atoms with Crippen molar-refractivity contribution in [2.24, 2.45) is 0 Å². The number of likely N-dealkylation sites (tertiary alicyclic amines) is 1. The van der Waals surface area contributed by atoms with E-state index in [0.717, 1.165) is 56.7 Å². The van der Waals surface area contributed by atoms with Crippen LogP contribution in [-0.4, -0.2) is 46.4 Å². The number of aromatic hydroxyl groups is 1. The average molecular weight is 363 g/mol. The van der Waals surface area contributed by atoms with Gasteiger partial charge in [0.2, 0.25) is 0 Å². The van der Waals surface area contributed by atoms with Crippen molar-refractivity contribution in [2.75, 3.05) is 25.5 Å². The monoisotopic (exact) mass is 363 g/mol. The molecule has 1 aliphatic heterocycles. The van der Waals surface area contributed by atoms with E-state index in [4.69, 9.17) is 5.26 Å². The van der Waals surface area contributed by atoms with Crippen molar-refractivity contribution in [3.8, 4) is 23.1 Å². The number of aromatic nitrogens is 2. The van der Waals surface area contributed by atoms with E-state index in [0.29, 0.717) is 17.2 Å². The van der Waals surface area contributed by atoms with Crippen LogP contribution in [0.5, 0.6) is 5.75 Å². The van der Waals surface area contributed by atoms with Crippen molar-refractivity contribution < 1.29 is 5.11 Å². The Morgan fingerprint density at radius 2 is 2.00 bits per heavy atom. The maximum absolute atomic E-state index is 10.4. The van der Waals surface area contributed by atoms with Crippen molar-refractivity contribution in [2.45, 2.75) is 44.6 Å². The molecule has 1 saturated heterocycles. The highest BCUT2D eigenvalue weighted by molar-refractivity contribution is 5.73. The molecule has 2 heterocycles. The zero-order valence-corrected chi connectivity index (χ0v) is 15.7. The number of nitriles is 1. The molecular weight excluding hydrogens is 338 g/mol. The number of phenolic OH excluding ortho intramolecular Hbond substituents is 1. The number of fused-ring (bicyclic) bond motifs is 1. The van der Waals surface area contributed by atoms with Crippen LogP contribution in [0.1, 0.15) is 42.4 Å². The third kappa shape index (κ3) is 3.60. The quantitative estimate of drug-likeness (QED) is 0.872. The fourth-order valence-electron chi connectivity index (χ4n) is 4.26. The topological polar surface area (TPSA) is 85.1 Å². The zero-order chi connectivity index (χ0) is 18.8. The third-order valence-corrected chi connectivity index (χ3v) is 5.64. The summed E-state index contributed by atoms with van der Waals surface area (Å²) in [5.74, 6) is 0.993. The van der Waals surface area contributed by atoms with E-state index in [-0.39, 0.29) is 5.75 Å². The molecular formula is C21H25N5O. The SMILES string of the molecule is CN1CCCC(Nc2nnc(-c3ccc(C#N)cc3O)c3c2CCCC3)C1. The van der Waals surface area contributed by atoms with Gasteiger partial charge in [-0.2, -0.15) is 5.26 Å². The Labute approximate surface area is 159 Å². The minimum atomic E-state index is 0.0886. The first-order valence-corrected chi connectivity index (χ1v) is 9.72. The van der Waals surface area contributed by atoms with Gasteiger partial charge in [-0.05, 0) is 75.9 Å². The van der Waals surface area contributed by atoms with Crippen LogP contribution in [0.15, 0.2) is 18.2 Å². The van der Waals surface area contributed by atoms with Crippen molar-refractivity contribution in [3.63, 3.8) is 0 Å². The lowest BCUT2D eigenvalue weighted by Crippen LogP contribution is -2.40. The van der Waals surface area contributed by atoms with Gasteiger partial charge in [0.25, 0.3) is 0 Å². The lowest BCUT2D eigenvalue weighted by atomic mass is 9.88. The van der Waals surface area contributed by atoms with Crippen LogP contribution < -0.4 is 5.32 Å². The van der Waals surface area contributed by atoms with Crippen LogP contribution in [0.2, 0.25) is 0 Å². The summed E-state index contributed by atoms with van der Waals surface area (Å²) in [4.78, 5) is 2.35. The maximum atomic E-state index is 10.4. The van der Waals surface area contributed by atoms with Gasteiger partial charge in [-0.25, -0.2) is 0 Å². The van der Waals surface area contributed by atoms with Gasteiger partial charge in [-0.15, -0.1) is 10.2 Å². The van der Waals surface area contributed by atoms with E-state index in [1.165, 1.54) is 23.6 Å². The molecule has 2 aromatic rings. The van der Waals surface area contributed by atoms with Gasteiger partial charge >= 0.3 is 0 Å². The summed E-state index contributed by atoms with van der Waals surface area (Å²) in [6, 6.07) is 7.45. The molecule has 4 rings (SSSR count). The van der Waals surface area contributed by atoms with Crippen LogP contribution in [0.4, 0.5) is 5.82 Å². The molecule has 140 valence electrons. The Morgan fingerprint density at radius 1 is 1.19 bits per heavy atom. The van der Waals surface area contributed by atoms with E-state index in [1.54, 1.807) is 12.1 Å². The molecule has 1 unspecified atom stereocenters. The second-order valence-electron chi connectivity index (χ2n) is 7.65. The van der Waals surface area contributed by atoms with Gasteiger partial charge in [0.05, 0.1) is 11.6 Å². The summed E-state index contributed by atoms with van der Waals surface area (Å²) in [6.45, 7) is 2.17. The Hall–Kier alpha value is -2.65. The number of likely N-dealkylation sites (N-methyl/N-ethyl adjacent to an activating group) is 1. The van der Waals surface area contributed by atoms with Crippen molar-refractivity contribution in [1.82, 2.24) is 15.1 Å². The summed E-state index contributed by atoms with van der Waals surface area (Å²) in [6.07, 6.45) is 6.55. The molecule has 1 aromatic carbocycles. The van der Waals surface area contributed by atoms with E-state index in [1.807, 2.05) is 0 Å². The third-order valence-electron chi connectivity index (χ3n) is 5.64. The number of benzene rings is 1. The molecule has 1 aromatic heterocycles. The summed E-state index contributed by atoms with van der Waals surface area (Å²) in [5, 5.41) is 32.1. The lowest BCUT2D eigenvalue weighted by molar-refractivity contribution is 0.260. The number of piperidine rings is 1. The van der Waals surface area contributed by atoms with E-state index in [9.17, 15) is 5.11 Å². The fraction of sp³-hybridized carbons (Fsp3) is 0.476. The summed E-state index contributed by atoms with van der Waals surface area (Å²) in [7, 11) is 2.16. The van der Waals surface area contributed by atoms with Crippen LogP contribution in [0.3, 0.4) is 0 Å². The number of nitrogens with one attached hydrogen (secondary N) is 1. The van der Waals surface area contributed by atoms with Crippen molar-refractivity contribution >= 4 is 5.82 Å². The van der Waals surface area contributed by atoms with E-state index in [2.05, 4.69) is 33.5 Å². The first-order valence-electron chi connectivity index (χ1n) is 9.72. The molecule has 27 heavy (non-hydrogen) atoms. The molecule has 0 spiro atoms. The highest BCUT2D eigenvalue weighted by Gasteiger charge is 2.24. The molecule has 0 bridgehead atoms. The van der Waals surface area contributed by atoms with Gasteiger partial charge < -0.3 is 15.3 Å². The molecule has 2 N–H and O–H groups in total. The summed E-state index contributed by atoms with van der Waals surface area (Å²) >= 11 is 0. The number of rotatable bonds is 3. The Bertz CT molecular complexity index is 889. The number of nitrogens with zero attached hydrogens (tertiary/aromatic N) is 4. The van der Waals surface area contributed by atoms with Crippen LogP contribution in [0.25, 0.3) is 11.3 Å². The number of anilines is 1.